The van der Waals surface area contributed by atoms with Crippen molar-refractivity contribution in [3.8, 4) is 0 Å². The van der Waals surface area contributed by atoms with Gasteiger partial charge in [0.2, 0.25) is 0 Å². The van der Waals surface area contributed by atoms with Crippen LogP contribution in [-0.2, 0) is 12.8 Å². The number of fused-ring (bicyclic) bond motifs is 1. The first-order valence-corrected chi connectivity index (χ1v) is 5.98. The van der Waals surface area contributed by atoms with Crippen LogP contribution in [0, 0.1) is 0 Å². The van der Waals surface area contributed by atoms with Gasteiger partial charge in [0.25, 0.3) is 0 Å². The Morgan fingerprint density at radius 1 is 1.36 bits per heavy atom. The summed E-state index contributed by atoms with van der Waals surface area (Å²) in [7, 11) is 0. The monoisotopic (exact) mass is 212 g/mol. The van der Waals surface area contributed by atoms with Gasteiger partial charge in [-0.05, 0) is 25.7 Å². The molecular weight excluding hydrogens is 196 g/mol. The van der Waals surface area contributed by atoms with Crippen molar-refractivity contribution in [1.82, 2.24) is 4.98 Å². The smallest absolute Gasteiger partial charge is 0.112 e. The van der Waals surface area contributed by atoms with Crippen molar-refractivity contribution in [2.24, 2.45) is 5.73 Å². The Kier molecular flexibility index (Phi) is 3.15. The second kappa shape index (κ2) is 4.38. The summed E-state index contributed by atoms with van der Waals surface area (Å²) in [4.78, 5) is 5.91. The van der Waals surface area contributed by atoms with E-state index in [9.17, 15) is 0 Å². The molecule has 0 amide bonds. The first kappa shape index (κ1) is 10.1. The van der Waals surface area contributed by atoms with Gasteiger partial charge in [-0.15, -0.1) is 11.3 Å². The highest BCUT2D eigenvalue weighted by Gasteiger charge is 2.16. The topological polar surface area (TPSA) is 59.1 Å². The Hall–Kier alpha value is -0.450. The van der Waals surface area contributed by atoms with Crippen molar-refractivity contribution in [1.29, 1.82) is 0 Å². The van der Waals surface area contributed by atoms with Gasteiger partial charge in [0.15, 0.2) is 0 Å². The third-order valence-electron chi connectivity index (χ3n) is 2.63. The van der Waals surface area contributed by atoms with Gasteiger partial charge in [-0.2, -0.15) is 0 Å². The third-order valence-corrected chi connectivity index (χ3v) is 3.92. The number of nitrogens with two attached hydrogens (primary N) is 1. The zero-order valence-electron chi connectivity index (χ0n) is 8.20. The minimum absolute atomic E-state index is 0.00755. The summed E-state index contributed by atoms with van der Waals surface area (Å²) in [6.45, 7) is -0.00755. The SMILES string of the molecule is N[C@H](CO)c1nc2c(s1)CCCCC2. The van der Waals surface area contributed by atoms with E-state index in [1.54, 1.807) is 11.3 Å². The van der Waals surface area contributed by atoms with Crippen LogP contribution in [0.1, 0.15) is 40.9 Å². The maximum atomic E-state index is 8.95. The molecule has 1 aliphatic carbocycles. The highest BCUT2D eigenvalue weighted by molar-refractivity contribution is 7.11. The molecule has 3 nitrogen and oxygen atoms in total. The number of aromatic nitrogens is 1. The second-order valence-electron chi connectivity index (χ2n) is 3.77. The molecular formula is C10H16N2OS. The molecule has 78 valence electrons. The molecule has 0 unspecified atom stereocenters. The molecule has 1 heterocycles. The Morgan fingerprint density at radius 2 is 2.14 bits per heavy atom. The Balaban J connectivity index is 2.22. The van der Waals surface area contributed by atoms with Crippen molar-refractivity contribution < 1.29 is 5.11 Å². The first-order valence-electron chi connectivity index (χ1n) is 5.16. The van der Waals surface area contributed by atoms with Gasteiger partial charge in [-0.3, -0.25) is 0 Å². The molecule has 0 aromatic carbocycles. The van der Waals surface area contributed by atoms with E-state index in [-0.39, 0.29) is 12.6 Å². The fraction of sp³-hybridized carbons (Fsp3) is 0.700. The Labute approximate surface area is 88.0 Å². The predicted octanol–water partition coefficient (Wildman–Crippen LogP) is 1.40. The molecule has 1 aromatic heterocycles. The van der Waals surface area contributed by atoms with E-state index in [1.807, 2.05) is 0 Å². The van der Waals surface area contributed by atoms with Crippen LogP contribution < -0.4 is 5.73 Å². The van der Waals surface area contributed by atoms with E-state index in [2.05, 4.69) is 4.98 Å². The maximum Gasteiger partial charge on any atom is 0.112 e. The van der Waals surface area contributed by atoms with Crippen molar-refractivity contribution in [2.75, 3.05) is 6.61 Å². The lowest BCUT2D eigenvalue weighted by Gasteiger charge is -2.01. The van der Waals surface area contributed by atoms with Crippen LogP contribution in [-0.4, -0.2) is 16.7 Å². The molecule has 1 aromatic rings. The molecule has 0 radical (unpaired) electrons. The van der Waals surface area contributed by atoms with E-state index >= 15 is 0 Å². The van der Waals surface area contributed by atoms with E-state index < -0.39 is 0 Å². The van der Waals surface area contributed by atoms with Crippen molar-refractivity contribution >= 4 is 11.3 Å². The molecule has 2 rings (SSSR count). The van der Waals surface area contributed by atoms with Gasteiger partial charge in [0, 0.05) is 4.88 Å². The van der Waals surface area contributed by atoms with Crippen LogP contribution in [0.25, 0.3) is 0 Å². The molecule has 0 fully saturated rings. The molecule has 0 spiro atoms. The maximum absolute atomic E-state index is 8.95. The molecule has 4 heteroatoms. The van der Waals surface area contributed by atoms with Crippen molar-refractivity contribution in [3.63, 3.8) is 0 Å². The second-order valence-corrected chi connectivity index (χ2v) is 4.89. The number of aliphatic hydroxyl groups excluding tert-OH is 1. The summed E-state index contributed by atoms with van der Waals surface area (Å²) in [6.07, 6.45) is 6.05. The predicted molar refractivity (Wildman–Crippen MR) is 57.4 cm³/mol. The first-order chi connectivity index (χ1) is 6.81. The number of hydrogen-bond donors (Lipinski definition) is 2. The van der Waals surface area contributed by atoms with Gasteiger partial charge < -0.3 is 10.8 Å². The minimum Gasteiger partial charge on any atom is -0.394 e. The van der Waals surface area contributed by atoms with Gasteiger partial charge in [-0.25, -0.2) is 4.98 Å². The van der Waals surface area contributed by atoms with E-state index in [1.165, 1.54) is 29.8 Å². The molecule has 14 heavy (non-hydrogen) atoms. The molecule has 0 aliphatic heterocycles. The minimum atomic E-state index is -0.285. The van der Waals surface area contributed by atoms with Crippen LogP contribution in [0.3, 0.4) is 0 Å². The average Bonchev–Trinajstić information content (AvgIpc) is 2.49. The van der Waals surface area contributed by atoms with Crippen LogP contribution in [0.4, 0.5) is 0 Å². The number of thiazole rings is 1. The lowest BCUT2D eigenvalue weighted by atomic mass is 10.2. The van der Waals surface area contributed by atoms with E-state index in [4.69, 9.17) is 10.8 Å². The molecule has 0 bridgehead atoms. The highest BCUT2D eigenvalue weighted by atomic mass is 32.1. The van der Waals surface area contributed by atoms with Gasteiger partial charge in [0.05, 0.1) is 18.3 Å². The third kappa shape index (κ3) is 1.97. The molecule has 0 saturated carbocycles. The summed E-state index contributed by atoms with van der Waals surface area (Å²) in [5, 5.41) is 9.85. The zero-order valence-corrected chi connectivity index (χ0v) is 9.02. The van der Waals surface area contributed by atoms with Crippen LogP contribution in [0.2, 0.25) is 0 Å². The van der Waals surface area contributed by atoms with Gasteiger partial charge in [-0.1, -0.05) is 6.42 Å². The molecule has 3 N–H and O–H groups in total. The summed E-state index contributed by atoms with van der Waals surface area (Å²) in [5.74, 6) is 0. The highest BCUT2D eigenvalue weighted by Crippen LogP contribution is 2.28. The summed E-state index contributed by atoms with van der Waals surface area (Å²) >= 11 is 1.69. The number of rotatable bonds is 2. The Morgan fingerprint density at radius 3 is 2.93 bits per heavy atom. The quantitative estimate of drug-likeness (QED) is 0.729. The summed E-state index contributed by atoms with van der Waals surface area (Å²) in [6, 6.07) is -0.285. The van der Waals surface area contributed by atoms with E-state index in [0.29, 0.717) is 0 Å². The fourth-order valence-corrected chi connectivity index (χ4v) is 2.93. The summed E-state index contributed by atoms with van der Waals surface area (Å²) < 4.78 is 0. The Bertz CT molecular complexity index is 288. The lowest BCUT2D eigenvalue weighted by Crippen LogP contribution is -2.14. The van der Waals surface area contributed by atoms with Gasteiger partial charge in [0.1, 0.15) is 5.01 Å². The lowest BCUT2D eigenvalue weighted by molar-refractivity contribution is 0.267. The molecule has 1 atom stereocenters. The largest absolute Gasteiger partial charge is 0.394 e. The normalized spacial score (nSPS) is 18.7. The average molecular weight is 212 g/mol. The van der Waals surface area contributed by atoms with Crippen LogP contribution in [0.15, 0.2) is 0 Å². The van der Waals surface area contributed by atoms with Crippen LogP contribution in [0.5, 0.6) is 0 Å². The van der Waals surface area contributed by atoms with Gasteiger partial charge >= 0.3 is 0 Å². The fourth-order valence-electron chi connectivity index (χ4n) is 1.79. The standard InChI is InChI=1S/C10H16N2OS/c11-7(6-13)10-12-8-4-2-1-3-5-9(8)14-10/h7,13H,1-6,11H2/t7-/m1/s1. The number of aliphatic hydroxyl groups is 1. The van der Waals surface area contributed by atoms with Crippen LogP contribution >= 0.6 is 11.3 Å². The molecule has 1 aliphatic rings. The van der Waals surface area contributed by atoms with E-state index in [0.717, 1.165) is 17.8 Å². The number of hydrogen-bond acceptors (Lipinski definition) is 4. The van der Waals surface area contributed by atoms with Crippen molar-refractivity contribution in [2.45, 2.75) is 38.1 Å². The van der Waals surface area contributed by atoms with Crippen molar-refractivity contribution in [3.05, 3.63) is 15.6 Å². The number of aryl methyl sites for hydroxylation is 2. The molecule has 0 saturated heterocycles. The summed E-state index contributed by atoms with van der Waals surface area (Å²) in [5.41, 5.74) is 6.97. The zero-order chi connectivity index (χ0) is 9.97. The number of nitrogens with zero attached hydrogens (tertiary/aromatic N) is 1.